The van der Waals surface area contributed by atoms with E-state index in [9.17, 15) is 9.59 Å². The van der Waals surface area contributed by atoms with Crippen molar-refractivity contribution in [3.05, 3.63) is 29.8 Å². The summed E-state index contributed by atoms with van der Waals surface area (Å²) in [6.07, 6.45) is 0.269. The van der Waals surface area contributed by atoms with Crippen LogP contribution in [-0.4, -0.2) is 17.2 Å². The van der Waals surface area contributed by atoms with E-state index >= 15 is 0 Å². The lowest BCUT2D eigenvalue weighted by atomic mass is 10.2. The second-order valence-electron chi connectivity index (χ2n) is 3.36. The standard InChI is InChI=1S/C11H10O3S/c1-7(12)6-10-14-11(13)8-4-2-3-5-9(8)15-10/h2-5,10H,6H2,1H3. The molecule has 4 heteroatoms. The monoisotopic (exact) mass is 222 g/mol. The van der Waals surface area contributed by atoms with Crippen molar-refractivity contribution in [3.63, 3.8) is 0 Å². The van der Waals surface area contributed by atoms with Gasteiger partial charge in [-0.05, 0) is 19.1 Å². The number of carbonyl (C=O) groups excluding carboxylic acids is 2. The molecule has 0 N–H and O–H groups in total. The highest BCUT2D eigenvalue weighted by Crippen LogP contribution is 2.34. The first-order valence-electron chi connectivity index (χ1n) is 4.63. The molecule has 0 aromatic heterocycles. The molecule has 0 bridgehead atoms. The number of Topliss-reactive ketones (excluding diaryl/α,β-unsaturated/α-hetero) is 1. The predicted molar refractivity (Wildman–Crippen MR) is 56.8 cm³/mol. The summed E-state index contributed by atoms with van der Waals surface area (Å²) in [7, 11) is 0. The molecule has 1 aliphatic rings. The van der Waals surface area contributed by atoms with Gasteiger partial charge in [0.15, 0.2) is 5.44 Å². The second kappa shape index (κ2) is 4.06. The van der Waals surface area contributed by atoms with Crippen molar-refractivity contribution >= 4 is 23.5 Å². The number of carbonyl (C=O) groups is 2. The zero-order valence-corrected chi connectivity index (χ0v) is 9.04. The van der Waals surface area contributed by atoms with E-state index in [4.69, 9.17) is 4.74 Å². The summed E-state index contributed by atoms with van der Waals surface area (Å²) >= 11 is 1.43. The third-order valence-corrected chi connectivity index (χ3v) is 3.19. The summed E-state index contributed by atoms with van der Waals surface area (Å²) < 4.78 is 5.13. The van der Waals surface area contributed by atoms with Crippen LogP contribution >= 0.6 is 11.8 Å². The number of esters is 1. The van der Waals surface area contributed by atoms with Gasteiger partial charge in [0.05, 0.1) is 12.0 Å². The number of rotatable bonds is 2. The molecule has 1 unspecified atom stereocenters. The predicted octanol–water partition coefficient (Wildman–Crippen LogP) is 2.25. The Balaban J connectivity index is 2.23. The topological polar surface area (TPSA) is 43.4 Å². The average Bonchev–Trinajstić information content (AvgIpc) is 2.16. The van der Waals surface area contributed by atoms with Crippen LogP contribution < -0.4 is 0 Å². The summed E-state index contributed by atoms with van der Waals surface area (Å²) in [6.45, 7) is 1.49. The molecule has 0 saturated heterocycles. The van der Waals surface area contributed by atoms with Crippen LogP contribution in [0.4, 0.5) is 0 Å². The Morgan fingerprint density at radius 1 is 1.47 bits per heavy atom. The SMILES string of the molecule is CC(=O)CC1OC(=O)c2ccccc2S1. The summed E-state index contributed by atoms with van der Waals surface area (Å²) in [4.78, 5) is 23.3. The number of benzene rings is 1. The van der Waals surface area contributed by atoms with E-state index in [2.05, 4.69) is 0 Å². The molecule has 1 heterocycles. The van der Waals surface area contributed by atoms with Crippen molar-refractivity contribution in [2.75, 3.05) is 0 Å². The van der Waals surface area contributed by atoms with Crippen molar-refractivity contribution in [1.29, 1.82) is 0 Å². The van der Waals surface area contributed by atoms with E-state index in [1.165, 1.54) is 18.7 Å². The summed E-state index contributed by atoms with van der Waals surface area (Å²) in [5.41, 5.74) is 0.215. The quantitative estimate of drug-likeness (QED) is 0.720. The Morgan fingerprint density at radius 3 is 2.93 bits per heavy atom. The van der Waals surface area contributed by atoms with Crippen LogP contribution in [0.2, 0.25) is 0 Å². The van der Waals surface area contributed by atoms with Gasteiger partial charge >= 0.3 is 5.97 Å². The highest BCUT2D eigenvalue weighted by molar-refractivity contribution is 8.00. The Kier molecular flexibility index (Phi) is 2.77. The molecule has 1 aromatic rings. The molecule has 0 saturated carbocycles. The normalized spacial score (nSPS) is 19.3. The molecule has 0 radical (unpaired) electrons. The molecule has 1 atom stereocenters. The van der Waals surface area contributed by atoms with Gasteiger partial charge in [0.1, 0.15) is 5.78 Å². The molecule has 0 spiro atoms. The number of fused-ring (bicyclic) bond motifs is 1. The maximum atomic E-state index is 11.5. The van der Waals surface area contributed by atoms with Gasteiger partial charge in [-0.25, -0.2) is 4.79 Å². The molecule has 0 fully saturated rings. The van der Waals surface area contributed by atoms with Gasteiger partial charge in [-0.3, -0.25) is 4.79 Å². The largest absolute Gasteiger partial charge is 0.447 e. The number of cyclic esters (lactones) is 1. The molecule has 78 valence electrons. The lowest BCUT2D eigenvalue weighted by Crippen LogP contribution is -2.22. The summed E-state index contributed by atoms with van der Waals surface area (Å²) in [5, 5.41) is 0. The fourth-order valence-electron chi connectivity index (χ4n) is 1.40. The van der Waals surface area contributed by atoms with Crippen molar-refractivity contribution in [1.82, 2.24) is 0 Å². The van der Waals surface area contributed by atoms with Crippen molar-refractivity contribution < 1.29 is 14.3 Å². The molecule has 15 heavy (non-hydrogen) atoms. The smallest absolute Gasteiger partial charge is 0.340 e. The highest BCUT2D eigenvalue weighted by atomic mass is 32.2. The first-order valence-corrected chi connectivity index (χ1v) is 5.51. The van der Waals surface area contributed by atoms with Crippen LogP contribution in [0.25, 0.3) is 0 Å². The number of ketones is 1. The third-order valence-electron chi connectivity index (χ3n) is 2.06. The maximum Gasteiger partial charge on any atom is 0.340 e. The van der Waals surface area contributed by atoms with Crippen molar-refractivity contribution in [2.45, 2.75) is 23.7 Å². The Hall–Kier alpha value is -1.29. The van der Waals surface area contributed by atoms with Gasteiger partial charge in [-0.15, -0.1) is 0 Å². The van der Waals surface area contributed by atoms with Gasteiger partial charge < -0.3 is 4.74 Å². The van der Waals surface area contributed by atoms with E-state index in [-0.39, 0.29) is 23.6 Å². The first kappa shape index (κ1) is 10.2. The van der Waals surface area contributed by atoms with E-state index in [1.54, 1.807) is 12.1 Å². The molecule has 1 aromatic carbocycles. The summed E-state index contributed by atoms with van der Waals surface area (Å²) in [6, 6.07) is 7.27. The average molecular weight is 222 g/mol. The van der Waals surface area contributed by atoms with Crippen molar-refractivity contribution in [3.8, 4) is 0 Å². The van der Waals surface area contributed by atoms with Gasteiger partial charge in [-0.2, -0.15) is 0 Å². The minimum absolute atomic E-state index is 0.0275. The van der Waals surface area contributed by atoms with Gasteiger partial charge in [0.2, 0.25) is 0 Å². The molecule has 0 aliphatic carbocycles. The number of hydrogen-bond acceptors (Lipinski definition) is 4. The van der Waals surface area contributed by atoms with Crippen molar-refractivity contribution in [2.24, 2.45) is 0 Å². The van der Waals surface area contributed by atoms with E-state index in [0.717, 1.165) is 4.90 Å². The molecule has 2 rings (SSSR count). The van der Waals surface area contributed by atoms with E-state index in [0.29, 0.717) is 5.56 Å². The van der Waals surface area contributed by atoms with E-state index in [1.807, 2.05) is 12.1 Å². The molecule has 1 aliphatic heterocycles. The second-order valence-corrected chi connectivity index (χ2v) is 4.56. The Bertz CT molecular complexity index is 414. The maximum absolute atomic E-state index is 11.5. The lowest BCUT2D eigenvalue weighted by Gasteiger charge is -2.22. The fraction of sp³-hybridized carbons (Fsp3) is 0.273. The minimum Gasteiger partial charge on any atom is -0.447 e. The number of ether oxygens (including phenoxy) is 1. The van der Waals surface area contributed by atoms with Crippen LogP contribution in [0.15, 0.2) is 29.2 Å². The zero-order chi connectivity index (χ0) is 10.8. The van der Waals surface area contributed by atoms with Crippen LogP contribution in [0.1, 0.15) is 23.7 Å². The molecule has 3 nitrogen and oxygen atoms in total. The van der Waals surface area contributed by atoms with Crippen LogP contribution in [-0.2, 0) is 9.53 Å². The molecule has 0 amide bonds. The zero-order valence-electron chi connectivity index (χ0n) is 8.23. The van der Waals surface area contributed by atoms with Gasteiger partial charge in [-0.1, -0.05) is 23.9 Å². The molecular formula is C11H10O3S. The van der Waals surface area contributed by atoms with Crippen LogP contribution in [0.5, 0.6) is 0 Å². The Labute approximate surface area is 91.8 Å². The highest BCUT2D eigenvalue weighted by Gasteiger charge is 2.27. The van der Waals surface area contributed by atoms with Gasteiger partial charge in [0, 0.05) is 4.90 Å². The third kappa shape index (κ3) is 2.21. The fourth-order valence-corrected chi connectivity index (χ4v) is 2.58. The number of hydrogen-bond donors (Lipinski definition) is 0. The minimum atomic E-state index is -0.370. The van der Waals surface area contributed by atoms with Crippen LogP contribution in [0, 0.1) is 0 Å². The lowest BCUT2D eigenvalue weighted by molar-refractivity contribution is -0.118. The Morgan fingerprint density at radius 2 is 2.20 bits per heavy atom. The van der Waals surface area contributed by atoms with E-state index < -0.39 is 0 Å². The van der Waals surface area contributed by atoms with Crippen LogP contribution in [0.3, 0.4) is 0 Å². The van der Waals surface area contributed by atoms with Gasteiger partial charge in [0.25, 0.3) is 0 Å². The molecular weight excluding hydrogens is 212 g/mol. The first-order chi connectivity index (χ1) is 7.16. The number of thioether (sulfide) groups is 1. The summed E-state index contributed by atoms with van der Waals surface area (Å²) in [5.74, 6) is -0.310.